The Hall–Kier alpha value is -2.82. The number of furan rings is 1. The summed E-state index contributed by atoms with van der Waals surface area (Å²) in [6.45, 7) is 0.376. The van der Waals surface area contributed by atoms with Gasteiger partial charge in [-0.1, -0.05) is 18.2 Å². The Bertz CT molecular complexity index is 835. The highest BCUT2D eigenvalue weighted by Crippen LogP contribution is 2.25. The lowest BCUT2D eigenvalue weighted by atomic mass is 10.0. The first-order chi connectivity index (χ1) is 11.8. The van der Waals surface area contributed by atoms with Gasteiger partial charge in [0, 0.05) is 11.4 Å². The number of aryl methyl sites for hydroxylation is 1. The molecule has 0 atom stereocenters. The molecule has 122 valence electrons. The summed E-state index contributed by atoms with van der Waals surface area (Å²) in [5.41, 5.74) is 3.53. The molecule has 0 bridgehead atoms. The third-order valence-electron chi connectivity index (χ3n) is 4.37. The van der Waals surface area contributed by atoms with Crippen LogP contribution < -0.4 is 5.32 Å². The number of imidazole rings is 1. The molecule has 5 nitrogen and oxygen atoms in total. The van der Waals surface area contributed by atoms with Gasteiger partial charge in [0.2, 0.25) is 0 Å². The van der Waals surface area contributed by atoms with Crippen molar-refractivity contribution in [2.45, 2.75) is 32.2 Å². The van der Waals surface area contributed by atoms with E-state index in [2.05, 4.69) is 22.0 Å². The minimum Gasteiger partial charge on any atom is -0.459 e. The molecule has 5 heteroatoms. The zero-order valence-electron chi connectivity index (χ0n) is 13.4. The van der Waals surface area contributed by atoms with Gasteiger partial charge in [0.15, 0.2) is 5.76 Å². The third-order valence-corrected chi connectivity index (χ3v) is 4.37. The predicted molar refractivity (Wildman–Crippen MR) is 90.1 cm³/mol. The monoisotopic (exact) mass is 321 g/mol. The second kappa shape index (κ2) is 6.35. The number of carbonyl (C=O) groups is 1. The van der Waals surface area contributed by atoms with E-state index in [-0.39, 0.29) is 5.91 Å². The summed E-state index contributed by atoms with van der Waals surface area (Å²) in [5, 5.41) is 2.90. The van der Waals surface area contributed by atoms with Gasteiger partial charge < -0.3 is 9.73 Å². The van der Waals surface area contributed by atoms with E-state index in [0.717, 1.165) is 30.0 Å². The number of hydrogen-bond donors (Lipinski definition) is 1. The van der Waals surface area contributed by atoms with Crippen molar-refractivity contribution in [1.82, 2.24) is 14.9 Å². The summed E-state index contributed by atoms with van der Waals surface area (Å²) < 4.78 is 7.33. The fraction of sp³-hybridized carbons (Fsp3) is 0.263. The molecule has 24 heavy (non-hydrogen) atoms. The van der Waals surface area contributed by atoms with Gasteiger partial charge >= 0.3 is 0 Å². The van der Waals surface area contributed by atoms with Gasteiger partial charge in [0.1, 0.15) is 5.82 Å². The average Bonchev–Trinajstić information content (AvgIpc) is 3.28. The summed E-state index contributed by atoms with van der Waals surface area (Å²) in [7, 11) is 0. The number of rotatable bonds is 4. The highest BCUT2D eigenvalue weighted by Gasteiger charge is 2.21. The van der Waals surface area contributed by atoms with Crippen LogP contribution in [0.1, 0.15) is 40.6 Å². The molecule has 2 heterocycles. The van der Waals surface area contributed by atoms with E-state index in [0.29, 0.717) is 12.3 Å². The zero-order chi connectivity index (χ0) is 16.4. The first-order valence-electron chi connectivity index (χ1n) is 8.29. The molecule has 1 N–H and O–H groups in total. The Morgan fingerprint density at radius 3 is 2.75 bits per heavy atom. The summed E-state index contributed by atoms with van der Waals surface area (Å²) >= 11 is 0. The first kappa shape index (κ1) is 14.8. The van der Waals surface area contributed by atoms with Crippen molar-refractivity contribution < 1.29 is 9.21 Å². The second-order valence-electron chi connectivity index (χ2n) is 5.96. The molecule has 0 aliphatic heterocycles. The molecule has 1 aliphatic rings. The van der Waals surface area contributed by atoms with Crippen LogP contribution >= 0.6 is 0 Å². The maximum Gasteiger partial charge on any atom is 0.287 e. The van der Waals surface area contributed by atoms with Crippen molar-refractivity contribution >= 4 is 5.91 Å². The number of benzene rings is 1. The van der Waals surface area contributed by atoms with Gasteiger partial charge in [-0.3, -0.25) is 9.36 Å². The lowest BCUT2D eigenvalue weighted by Crippen LogP contribution is -2.24. The molecule has 1 aliphatic carbocycles. The van der Waals surface area contributed by atoms with Crippen molar-refractivity contribution in [3.8, 4) is 5.69 Å². The van der Waals surface area contributed by atoms with E-state index in [1.807, 2.05) is 18.2 Å². The molecule has 1 aromatic carbocycles. The van der Waals surface area contributed by atoms with Crippen molar-refractivity contribution in [1.29, 1.82) is 0 Å². The molecule has 2 aromatic heterocycles. The Morgan fingerprint density at radius 1 is 1.12 bits per heavy atom. The van der Waals surface area contributed by atoms with Crippen molar-refractivity contribution in [3.63, 3.8) is 0 Å². The van der Waals surface area contributed by atoms with Crippen molar-refractivity contribution in [3.05, 3.63) is 71.7 Å². The number of para-hydroxylation sites is 1. The zero-order valence-corrected chi connectivity index (χ0v) is 13.4. The SMILES string of the molecule is O=C(NCc1nc2c(n1-c1ccccc1)CCCC2)c1ccco1. The molecular formula is C19H19N3O2. The molecule has 0 fully saturated rings. The number of hydrogen-bond acceptors (Lipinski definition) is 3. The predicted octanol–water partition coefficient (Wildman–Crippen LogP) is 3.27. The van der Waals surface area contributed by atoms with Gasteiger partial charge in [-0.05, 0) is 49.9 Å². The van der Waals surface area contributed by atoms with Crippen LogP contribution in [0.25, 0.3) is 5.69 Å². The lowest BCUT2D eigenvalue weighted by Gasteiger charge is -2.15. The van der Waals surface area contributed by atoms with Gasteiger partial charge in [-0.2, -0.15) is 0 Å². The van der Waals surface area contributed by atoms with Crippen LogP contribution in [-0.4, -0.2) is 15.5 Å². The quantitative estimate of drug-likeness (QED) is 0.802. The number of fused-ring (bicyclic) bond motifs is 1. The summed E-state index contributed by atoms with van der Waals surface area (Å²) in [5.74, 6) is 0.964. The number of aromatic nitrogens is 2. The molecule has 0 saturated heterocycles. The standard InChI is InChI=1S/C19H19N3O2/c23-19(17-11-6-12-24-17)20-13-18-21-15-9-4-5-10-16(15)22(18)14-7-2-1-3-8-14/h1-3,6-8,11-12H,4-5,9-10,13H2,(H,20,23). The lowest BCUT2D eigenvalue weighted by molar-refractivity contribution is 0.0922. The normalized spacial score (nSPS) is 13.5. The molecule has 0 spiro atoms. The van der Waals surface area contributed by atoms with E-state index >= 15 is 0 Å². The topological polar surface area (TPSA) is 60.1 Å². The Kier molecular flexibility index (Phi) is 3.91. The summed E-state index contributed by atoms with van der Waals surface area (Å²) in [6, 6.07) is 13.6. The number of carbonyl (C=O) groups excluding carboxylic acids is 1. The van der Waals surface area contributed by atoms with Crippen molar-refractivity contribution in [2.24, 2.45) is 0 Å². The highest BCUT2D eigenvalue weighted by molar-refractivity contribution is 5.91. The number of nitrogens with one attached hydrogen (secondary N) is 1. The molecule has 4 rings (SSSR count). The highest BCUT2D eigenvalue weighted by atomic mass is 16.3. The molecular weight excluding hydrogens is 302 g/mol. The maximum atomic E-state index is 12.1. The molecule has 0 saturated carbocycles. The number of amides is 1. The number of nitrogens with zero attached hydrogens (tertiary/aromatic N) is 2. The van der Waals surface area contributed by atoms with Crippen LogP contribution in [0.3, 0.4) is 0 Å². The minimum absolute atomic E-state index is 0.222. The van der Waals surface area contributed by atoms with Crippen LogP contribution in [0.5, 0.6) is 0 Å². The third kappa shape index (κ3) is 2.73. The Morgan fingerprint density at radius 2 is 1.96 bits per heavy atom. The van der Waals surface area contributed by atoms with Gasteiger partial charge in [0.25, 0.3) is 5.91 Å². The second-order valence-corrected chi connectivity index (χ2v) is 5.96. The van der Waals surface area contributed by atoms with Gasteiger partial charge in [-0.25, -0.2) is 4.98 Å². The van der Waals surface area contributed by atoms with Crippen LogP contribution in [0.15, 0.2) is 53.1 Å². The molecule has 1 amide bonds. The van der Waals surface area contributed by atoms with Crippen LogP contribution in [0, 0.1) is 0 Å². The maximum absolute atomic E-state index is 12.1. The van der Waals surface area contributed by atoms with E-state index < -0.39 is 0 Å². The summed E-state index contributed by atoms with van der Waals surface area (Å²) in [4.78, 5) is 16.9. The van der Waals surface area contributed by atoms with Crippen molar-refractivity contribution in [2.75, 3.05) is 0 Å². The fourth-order valence-corrected chi connectivity index (χ4v) is 3.25. The fourth-order valence-electron chi connectivity index (χ4n) is 3.25. The molecule has 0 radical (unpaired) electrons. The van der Waals surface area contributed by atoms with E-state index in [4.69, 9.17) is 9.40 Å². The molecule has 0 unspecified atom stereocenters. The van der Waals surface area contributed by atoms with E-state index in [9.17, 15) is 4.79 Å². The average molecular weight is 321 g/mol. The minimum atomic E-state index is -0.222. The summed E-state index contributed by atoms with van der Waals surface area (Å²) in [6.07, 6.45) is 5.90. The van der Waals surface area contributed by atoms with Crippen LogP contribution in [0.4, 0.5) is 0 Å². The molecule has 3 aromatic rings. The van der Waals surface area contributed by atoms with E-state index in [1.54, 1.807) is 12.1 Å². The Balaban J connectivity index is 1.65. The van der Waals surface area contributed by atoms with Gasteiger partial charge in [0.05, 0.1) is 18.5 Å². The van der Waals surface area contributed by atoms with E-state index in [1.165, 1.54) is 24.8 Å². The first-order valence-corrected chi connectivity index (χ1v) is 8.29. The van der Waals surface area contributed by atoms with Gasteiger partial charge in [-0.15, -0.1) is 0 Å². The van der Waals surface area contributed by atoms with Crippen LogP contribution in [-0.2, 0) is 19.4 Å². The van der Waals surface area contributed by atoms with Crippen LogP contribution in [0.2, 0.25) is 0 Å². The Labute approximate surface area is 140 Å². The largest absolute Gasteiger partial charge is 0.459 e. The smallest absolute Gasteiger partial charge is 0.287 e.